The number of hydrogen-bond acceptors (Lipinski definition) is 3. The minimum atomic E-state index is 0.402. The molecule has 0 radical (unpaired) electrons. The van der Waals surface area contributed by atoms with E-state index in [1.807, 2.05) is 14.0 Å². The molecule has 1 N–H and O–H groups in total. The van der Waals surface area contributed by atoms with Crippen LogP contribution in [0, 0.1) is 20.8 Å². The van der Waals surface area contributed by atoms with Crippen LogP contribution in [0.3, 0.4) is 0 Å². The third-order valence-corrected chi connectivity index (χ3v) is 4.36. The average Bonchev–Trinajstić information content (AvgIpc) is 2.97. The van der Waals surface area contributed by atoms with Crippen LogP contribution in [0.5, 0.6) is 0 Å². The first-order valence-corrected chi connectivity index (χ1v) is 7.48. The fourth-order valence-electron chi connectivity index (χ4n) is 3.18. The van der Waals surface area contributed by atoms with Crippen molar-refractivity contribution in [3.8, 4) is 0 Å². The molecule has 2 heterocycles. The van der Waals surface area contributed by atoms with Gasteiger partial charge in [0.15, 0.2) is 0 Å². The molecule has 1 aromatic heterocycles. The number of rotatable bonds is 6. The maximum atomic E-state index is 5.74. The summed E-state index contributed by atoms with van der Waals surface area (Å²) < 4.78 is 11.4. The van der Waals surface area contributed by atoms with Gasteiger partial charge in [-0.25, -0.2) is 0 Å². The highest BCUT2D eigenvalue weighted by molar-refractivity contribution is 5.34. The summed E-state index contributed by atoms with van der Waals surface area (Å²) in [7, 11) is 2.04. The van der Waals surface area contributed by atoms with E-state index in [1.165, 1.54) is 36.8 Å². The lowest BCUT2D eigenvalue weighted by Gasteiger charge is -2.18. The molecule has 1 saturated heterocycles. The van der Waals surface area contributed by atoms with Crippen LogP contribution in [0.2, 0.25) is 0 Å². The van der Waals surface area contributed by atoms with Gasteiger partial charge in [-0.05, 0) is 65.5 Å². The summed E-state index contributed by atoms with van der Waals surface area (Å²) in [5, 5.41) is 3.44. The molecule has 1 fully saturated rings. The molecular formula is C16H27NO2. The standard InChI is InChI=1S/C16H27NO2/c1-11-12(2)19-13(3)16(11)15(17-4)9-5-7-14-8-6-10-18-14/h14-15,17H,5-10H2,1-4H3. The molecule has 2 atom stereocenters. The summed E-state index contributed by atoms with van der Waals surface area (Å²) in [5.74, 6) is 2.11. The van der Waals surface area contributed by atoms with E-state index in [0.29, 0.717) is 12.1 Å². The number of hydrogen-bond donors (Lipinski definition) is 1. The second-order valence-electron chi connectivity index (χ2n) is 5.66. The van der Waals surface area contributed by atoms with Gasteiger partial charge in [0.05, 0.1) is 6.10 Å². The Morgan fingerprint density at radius 2 is 2.05 bits per heavy atom. The van der Waals surface area contributed by atoms with E-state index in [1.54, 1.807) is 0 Å². The largest absolute Gasteiger partial charge is 0.466 e. The van der Waals surface area contributed by atoms with Gasteiger partial charge in [-0.1, -0.05) is 0 Å². The van der Waals surface area contributed by atoms with Gasteiger partial charge in [0.1, 0.15) is 11.5 Å². The third kappa shape index (κ3) is 3.40. The molecule has 2 rings (SSSR count). The molecule has 1 aromatic rings. The van der Waals surface area contributed by atoms with Gasteiger partial charge in [0.25, 0.3) is 0 Å². The van der Waals surface area contributed by atoms with Crippen LogP contribution >= 0.6 is 0 Å². The van der Waals surface area contributed by atoms with Gasteiger partial charge in [0, 0.05) is 18.2 Å². The second kappa shape index (κ2) is 6.58. The highest BCUT2D eigenvalue weighted by Crippen LogP contribution is 2.30. The minimum absolute atomic E-state index is 0.402. The van der Waals surface area contributed by atoms with Gasteiger partial charge < -0.3 is 14.5 Å². The molecule has 0 amide bonds. The number of ether oxygens (including phenoxy) is 1. The molecule has 0 saturated carbocycles. The smallest absolute Gasteiger partial charge is 0.106 e. The lowest BCUT2D eigenvalue weighted by molar-refractivity contribution is 0.101. The zero-order chi connectivity index (χ0) is 13.8. The molecular weight excluding hydrogens is 238 g/mol. The van der Waals surface area contributed by atoms with Crippen LogP contribution in [0.4, 0.5) is 0 Å². The normalized spacial score (nSPS) is 20.9. The summed E-state index contributed by atoms with van der Waals surface area (Å²) in [6.45, 7) is 7.23. The summed E-state index contributed by atoms with van der Waals surface area (Å²) in [5.41, 5.74) is 2.65. The van der Waals surface area contributed by atoms with Crippen molar-refractivity contribution in [1.29, 1.82) is 0 Å². The van der Waals surface area contributed by atoms with Crippen molar-refractivity contribution in [3.63, 3.8) is 0 Å². The van der Waals surface area contributed by atoms with Gasteiger partial charge >= 0.3 is 0 Å². The van der Waals surface area contributed by atoms with E-state index in [2.05, 4.69) is 19.2 Å². The molecule has 0 spiro atoms. The van der Waals surface area contributed by atoms with Gasteiger partial charge in [-0.3, -0.25) is 0 Å². The van der Waals surface area contributed by atoms with Crippen molar-refractivity contribution < 1.29 is 9.15 Å². The maximum absolute atomic E-state index is 5.74. The number of aryl methyl sites for hydroxylation is 2. The third-order valence-electron chi connectivity index (χ3n) is 4.36. The van der Waals surface area contributed by atoms with E-state index in [-0.39, 0.29) is 0 Å². The summed E-state index contributed by atoms with van der Waals surface area (Å²) in [6, 6.07) is 0.402. The first-order chi connectivity index (χ1) is 9.13. The van der Waals surface area contributed by atoms with Gasteiger partial charge in [-0.15, -0.1) is 0 Å². The molecule has 2 unspecified atom stereocenters. The predicted molar refractivity (Wildman–Crippen MR) is 77.5 cm³/mol. The van der Waals surface area contributed by atoms with Gasteiger partial charge in [-0.2, -0.15) is 0 Å². The molecule has 1 aliphatic rings. The SMILES string of the molecule is CNC(CCCC1CCCO1)c1c(C)oc(C)c1C. The van der Waals surface area contributed by atoms with Crippen LogP contribution in [0.1, 0.15) is 60.8 Å². The average molecular weight is 265 g/mol. The second-order valence-corrected chi connectivity index (χ2v) is 5.66. The maximum Gasteiger partial charge on any atom is 0.106 e. The Morgan fingerprint density at radius 1 is 1.26 bits per heavy atom. The summed E-state index contributed by atoms with van der Waals surface area (Å²) in [6.07, 6.45) is 6.53. The first-order valence-electron chi connectivity index (χ1n) is 7.48. The van der Waals surface area contributed by atoms with Crippen molar-refractivity contribution in [1.82, 2.24) is 5.32 Å². The minimum Gasteiger partial charge on any atom is -0.466 e. The highest BCUT2D eigenvalue weighted by Gasteiger charge is 2.21. The zero-order valence-electron chi connectivity index (χ0n) is 12.7. The van der Waals surface area contributed by atoms with Gasteiger partial charge in [0.2, 0.25) is 0 Å². The lowest BCUT2D eigenvalue weighted by atomic mass is 9.96. The first kappa shape index (κ1) is 14.6. The molecule has 0 aliphatic carbocycles. The Kier molecular flexibility index (Phi) is 5.06. The Hall–Kier alpha value is -0.800. The monoisotopic (exact) mass is 265 g/mol. The van der Waals surface area contributed by atoms with Crippen LogP contribution in [0.15, 0.2) is 4.42 Å². The Bertz CT molecular complexity index is 405. The summed E-state index contributed by atoms with van der Waals surface area (Å²) >= 11 is 0. The van der Waals surface area contributed by atoms with Crippen molar-refractivity contribution in [2.24, 2.45) is 0 Å². The van der Waals surface area contributed by atoms with Crippen molar-refractivity contribution in [2.75, 3.05) is 13.7 Å². The summed E-state index contributed by atoms with van der Waals surface area (Å²) in [4.78, 5) is 0. The van der Waals surface area contributed by atoms with Crippen LogP contribution in [0.25, 0.3) is 0 Å². The quantitative estimate of drug-likeness (QED) is 0.849. The lowest BCUT2D eigenvalue weighted by Crippen LogP contribution is -2.18. The molecule has 19 heavy (non-hydrogen) atoms. The fourth-order valence-corrected chi connectivity index (χ4v) is 3.18. The Morgan fingerprint density at radius 3 is 2.58 bits per heavy atom. The molecule has 3 heteroatoms. The molecule has 0 aromatic carbocycles. The van der Waals surface area contributed by atoms with Crippen molar-refractivity contribution in [2.45, 2.75) is 65.0 Å². The number of furan rings is 1. The van der Waals surface area contributed by atoms with E-state index < -0.39 is 0 Å². The van der Waals surface area contributed by atoms with Crippen LogP contribution in [-0.4, -0.2) is 19.8 Å². The van der Waals surface area contributed by atoms with Crippen LogP contribution in [-0.2, 0) is 4.74 Å². The topological polar surface area (TPSA) is 34.4 Å². The van der Waals surface area contributed by atoms with Crippen molar-refractivity contribution >= 4 is 0 Å². The number of nitrogens with one attached hydrogen (secondary N) is 1. The molecule has 0 bridgehead atoms. The van der Waals surface area contributed by atoms with E-state index in [0.717, 1.165) is 24.5 Å². The molecule has 1 aliphatic heterocycles. The molecule has 3 nitrogen and oxygen atoms in total. The molecule has 108 valence electrons. The zero-order valence-corrected chi connectivity index (χ0v) is 12.7. The van der Waals surface area contributed by atoms with E-state index in [4.69, 9.17) is 9.15 Å². The highest BCUT2D eigenvalue weighted by atomic mass is 16.5. The predicted octanol–water partition coefficient (Wildman–Crippen LogP) is 3.81. The van der Waals surface area contributed by atoms with Crippen LogP contribution < -0.4 is 5.32 Å². The van der Waals surface area contributed by atoms with Crippen molar-refractivity contribution in [3.05, 3.63) is 22.6 Å². The Balaban J connectivity index is 1.91. The fraction of sp³-hybridized carbons (Fsp3) is 0.750. The van der Waals surface area contributed by atoms with E-state index in [9.17, 15) is 0 Å². The van der Waals surface area contributed by atoms with E-state index >= 15 is 0 Å². The Labute approximate surface area is 116 Å².